The highest BCUT2D eigenvalue weighted by molar-refractivity contribution is 5.85. The lowest BCUT2D eigenvalue weighted by molar-refractivity contribution is -0.144. The Morgan fingerprint density at radius 3 is 2.37 bits per heavy atom. The van der Waals surface area contributed by atoms with Gasteiger partial charge in [0.25, 0.3) is 0 Å². The molecule has 1 heterocycles. The molecule has 0 bridgehead atoms. The smallest absolute Gasteiger partial charge is 0.326 e. The van der Waals surface area contributed by atoms with Crippen molar-refractivity contribution in [2.24, 2.45) is 17.8 Å². The first-order valence-corrected chi connectivity index (χ1v) is 7.08. The number of carbonyl (C=O) groups excluding carboxylic acids is 1. The number of nitrogens with one attached hydrogen (secondary N) is 1. The molecule has 5 heteroatoms. The van der Waals surface area contributed by atoms with Gasteiger partial charge in [0.15, 0.2) is 0 Å². The van der Waals surface area contributed by atoms with E-state index in [2.05, 4.69) is 5.32 Å². The average Bonchev–Trinajstić information content (AvgIpc) is 2.43. The van der Waals surface area contributed by atoms with Gasteiger partial charge >= 0.3 is 5.97 Å². The van der Waals surface area contributed by atoms with Gasteiger partial charge in [-0.05, 0) is 24.7 Å². The minimum absolute atomic E-state index is 0.0664. The SMILES string of the molecule is CC[C@H](C)[C@H](NC(=O)C(C)C1CCOCC1)C(=O)O. The fourth-order valence-electron chi connectivity index (χ4n) is 2.40. The van der Waals surface area contributed by atoms with Gasteiger partial charge in [-0.25, -0.2) is 4.79 Å². The number of hydrogen-bond acceptors (Lipinski definition) is 3. The van der Waals surface area contributed by atoms with Crippen molar-refractivity contribution in [3.8, 4) is 0 Å². The van der Waals surface area contributed by atoms with Crippen LogP contribution in [0.4, 0.5) is 0 Å². The number of carboxylic acid groups (broad SMARTS) is 1. The molecule has 1 saturated heterocycles. The van der Waals surface area contributed by atoms with Crippen LogP contribution in [-0.2, 0) is 14.3 Å². The Morgan fingerprint density at radius 2 is 1.89 bits per heavy atom. The van der Waals surface area contributed by atoms with E-state index in [9.17, 15) is 14.7 Å². The first kappa shape index (κ1) is 16.0. The second-order valence-corrected chi connectivity index (χ2v) is 5.45. The van der Waals surface area contributed by atoms with E-state index in [0.29, 0.717) is 19.1 Å². The van der Waals surface area contributed by atoms with Gasteiger partial charge in [0.1, 0.15) is 6.04 Å². The Labute approximate surface area is 114 Å². The second-order valence-electron chi connectivity index (χ2n) is 5.45. The third-order valence-corrected chi connectivity index (χ3v) is 4.16. The van der Waals surface area contributed by atoms with Crippen LogP contribution in [0.15, 0.2) is 0 Å². The standard InChI is InChI=1S/C14H25NO4/c1-4-9(2)12(14(17)18)15-13(16)10(3)11-5-7-19-8-6-11/h9-12H,4-8H2,1-3H3,(H,15,16)(H,17,18)/t9-,10?,12-/m0/s1. The number of ether oxygens (including phenoxy) is 1. The van der Waals surface area contributed by atoms with Gasteiger partial charge in [-0.2, -0.15) is 0 Å². The molecule has 1 fully saturated rings. The molecule has 110 valence electrons. The van der Waals surface area contributed by atoms with Gasteiger partial charge in [-0.3, -0.25) is 4.79 Å². The maximum absolute atomic E-state index is 12.2. The summed E-state index contributed by atoms with van der Waals surface area (Å²) in [5.74, 6) is -1.04. The van der Waals surface area contributed by atoms with Crippen molar-refractivity contribution >= 4 is 11.9 Å². The minimum Gasteiger partial charge on any atom is -0.480 e. The number of amides is 1. The fourth-order valence-corrected chi connectivity index (χ4v) is 2.40. The van der Waals surface area contributed by atoms with Gasteiger partial charge in [0.05, 0.1) is 0 Å². The van der Waals surface area contributed by atoms with Crippen molar-refractivity contribution in [1.29, 1.82) is 0 Å². The van der Waals surface area contributed by atoms with Crippen molar-refractivity contribution in [2.45, 2.75) is 46.1 Å². The normalized spacial score (nSPS) is 21.4. The Hall–Kier alpha value is -1.10. The zero-order valence-electron chi connectivity index (χ0n) is 12.0. The second kappa shape index (κ2) is 7.48. The Bertz CT molecular complexity index is 313. The van der Waals surface area contributed by atoms with E-state index in [-0.39, 0.29) is 17.7 Å². The zero-order chi connectivity index (χ0) is 14.4. The van der Waals surface area contributed by atoms with Crippen LogP contribution in [0.3, 0.4) is 0 Å². The third-order valence-electron chi connectivity index (χ3n) is 4.16. The highest BCUT2D eigenvalue weighted by atomic mass is 16.5. The first-order chi connectivity index (χ1) is 8.97. The molecule has 1 rings (SSSR count). The Balaban J connectivity index is 2.57. The predicted molar refractivity (Wildman–Crippen MR) is 71.7 cm³/mol. The van der Waals surface area contributed by atoms with Gasteiger partial charge in [0, 0.05) is 19.1 Å². The number of carbonyl (C=O) groups is 2. The number of aliphatic carboxylic acids is 1. The molecular formula is C14H25NO4. The van der Waals surface area contributed by atoms with Crippen molar-refractivity contribution in [3.05, 3.63) is 0 Å². The van der Waals surface area contributed by atoms with E-state index in [1.807, 2.05) is 20.8 Å². The van der Waals surface area contributed by atoms with Gasteiger partial charge in [-0.1, -0.05) is 27.2 Å². The summed E-state index contributed by atoms with van der Waals surface area (Å²) in [5.41, 5.74) is 0. The molecule has 1 amide bonds. The maximum Gasteiger partial charge on any atom is 0.326 e. The van der Waals surface area contributed by atoms with E-state index in [1.165, 1.54) is 0 Å². The van der Waals surface area contributed by atoms with Gasteiger partial charge in [0.2, 0.25) is 5.91 Å². The zero-order valence-corrected chi connectivity index (χ0v) is 12.0. The van der Waals surface area contributed by atoms with E-state index < -0.39 is 12.0 Å². The summed E-state index contributed by atoms with van der Waals surface area (Å²) in [4.78, 5) is 23.4. The third kappa shape index (κ3) is 4.49. The van der Waals surface area contributed by atoms with E-state index in [0.717, 1.165) is 19.3 Å². The average molecular weight is 271 g/mol. The lowest BCUT2D eigenvalue weighted by Gasteiger charge is -2.29. The highest BCUT2D eigenvalue weighted by Gasteiger charge is 2.31. The van der Waals surface area contributed by atoms with Crippen LogP contribution >= 0.6 is 0 Å². The molecule has 0 aromatic heterocycles. The Kier molecular flexibility index (Phi) is 6.28. The predicted octanol–water partition coefficient (Wildman–Crippen LogP) is 1.66. The molecule has 1 aliphatic rings. The summed E-state index contributed by atoms with van der Waals surface area (Å²) in [5, 5.41) is 11.9. The monoisotopic (exact) mass is 271 g/mol. The van der Waals surface area contributed by atoms with Crippen LogP contribution < -0.4 is 5.32 Å². The minimum atomic E-state index is -0.957. The lowest BCUT2D eigenvalue weighted by atomic mass is 9.86. The van der Waals surface area contributed by atoms with Crippen molar-refractivity contribution in [1.82, 2.24) is 5.32 Å². The number of rotatable bonds is 6. The fraction of sp³-hybridized carbons (Fsp3) is 0.857. The summed E-state index contributed by atoms with van der Waals surface area (Å²) in [6.07, 6.45) is 2.47. The molecule has 0 aromatic rings. The summed E-state index contributed by atoms with van der Waals surface area (Å²) in [6.45, 7) is 7.03. The summed E-state index contributed by atoms with van der Waals surface area (Å²) < 4.78 is 5.28. The highest BCUT2D eigenvalue weighted by Crippen LogP contribution is 2.24. The number of carboxylic acids is 1. The van der Waals surface area contributed by atoms with Crippen LogP contribution in [0, 0.1) is 17.8 Å². The largest absolute Gasteiger partial charge is 0.480 e. The van der Waals surface area contributed by atoms with E-state index >= 15 is 0 Å². The Morgan fingerprint density at radius 1 is 1.32 bits per heavy atom. The molecular weight excluding hydrogens is 246 g/mol. The van der Waals surface area contributed by atoms with Gasteiger partial charge in [-0.15, -0.1) is 0 Å². The molecule has 2 N–H and O–H groups in total. The van der Waals surface area contributed by atoms with Gasteiger partial charge < -0.3 is 15.2 Å². The van der Waals surface area contributed by atoms with Crippen LogP contribution in [0.5, 0.6) is 0 Å². The molecule has 3 atom stereocenters. The summed E-state index contributed by atoms with van der Waals surface area (Å²) in [7, 11) is 0. The summed E-state index contributed by atoms with van der Waals surface area (Å²) in [6, 6.07) is -0.792. The van der Waals surface area contributed by atoms with Crippen LogP contribution in [0.2, 0.25) is 0 Å². The van der Waals surface area contributed by atoms with Crippen molar-refractivity contribution in [2.75, 3.05) is 13.2 Å². The van der Waals surface area contributed by atoms with Crippen molar-refractivity contribution in [3.63, 3.8) is 0 Å². The van der Waals surface area contributed by atoms with Crippen LogP contribution in [0.25, 0.3) is 0 Å². The van der Waals surface area contributed by atoms with Crippen LogP contribution in [0.1, 0.15) is 40.0 Å². The molecule has 1 aliphatic heterocycles. The van der Waals surface area contributed by atoms with E-state index in [1.54, 1.807) is 0 Å². The molecule has 0 aliphatic carbocycles. The molecule has 0 radical (unpaired) electrons. The molecule has 0 aromatic carbocycles. The van der Waals surface area contributed by atoms with Crippen molar-refractivity contribution < 1.29 is 19.4 Å². The number of hydrogen-bond donors (Lipinski definition) is 2. The molecule has 0 spiro atoms. The van der Waals surface area contributed by atoms with Crippen LogP contribution in [-0.4, -0.2) is 36.2 Å². The maximum atomic E-state index is 12.2. The molecule has 0 saturated carbocycles. The first-order valence-electron chi connectivity index (χ1n) is 7.08. The quantitative estimate of drug-likeness (QED) is 0.770. The lowest BCUT2D eigenvalue weighted by Crippen LogP contribution is -2.48. The molecule has 1 unspecified atom stereocenters. The topological polar surface area (TPSA) is 75.6 Å². The molecule has 19 heavy (non-hydrogen) atoms. The molecule has 5 nitrogen and oxygen atoms in total. The van der Waals surface area contributed by atoms with E-state index in [4.69, 9.17) is 4.74 Å². The summed E-state index contributed by atoms with van der Waals surface area (Å²) >= 11 is 0.